The van der Waals surface area contributed by atoms with Crippen LogP contribution in [-0.2, 0) is 0 Å². The Morgan fingerprint density at radius 2 is 2.14 bits per heavy atom. The van der Waals surface area contributed by atoms with E-state index in [1.807, 2.05) is 30.3 Å². The van der Waals surface area contributed by atoms with Gasteiger partial charge in [-0.05, 0) is 52.5 Å². The normalized spacial score (nSPS) is 20.1. The van der Waals surface area contributed by atoms with E-state index in [1.165, 1.54) is 19.4 Å². The molecule has 5 heteroatoms. The summed E-state index contributed by atoms with van der Waals surface area (Å²) in [6.45, 7) is 5.05. The maximum absolute atomic E-state index is 11.9. The van der Waals surface area contributed by atoms with E-state index in [0.29, 0.717) is 18.6 Å². The van der Waals surface area contributed by atoms with Crippen LogP contribution in [0.2, 0.25) is 0 Å². The zero-order chi connectivity index (χ0) is 15.9. The van der Waals surface area contributed by atoms with Crippen LogP contribution in [0.5, 0.6) is 0 Å². The Hall–Kier alpha value is -1.59. The molecule has 1 aromatic carbocycles. The number of urea groups is 1. The lowest BCUT2D eigenvalue weighted by Gasteiger charge is -2.30. The lowest BCUT2D eigenvalue weighted by Crippen LogP contribution is -2.46. The Kier molecular flexibility index (Phi) is 6.21. The fourth-order valence-corrected chi connectivity index (χ4v) is 2.82. The van der Waals surface area contributed by atoms with Gasteiger partial charge >= 0.3 is 6.03 Å². The molecule has 0 aromatic heterocycles. The number of carbonyl (C=O) groups is 1. The van der Waals surface area contributed by atoms with Crippen molar-refractivity contribution >= 4 is 11.7 Å². The molecule has 0 unspecified atom stereocenters. The van der Waals surface area contributed by atoms with E-state index in [2.05, 4.69) is 41.5 Å². The molecule has 22 heavy (non-hydrogen) atoms. The van der Waals surface area contributed by atoms with E-state index >= 15 is 0 Å². The molecular formula is C17H28N4O. The minimum absolute atomic E-state index is 0.149. The number of nitrogens with zero attached hydrogens (tertiary/aromatic N) is 2. The first-order valence-corrected chi connectivity index (χ1v) is 8.06. The topological polar surface area (TPSA) is 47.6 Å². The average molecular weight is 304 g/mol. The number of anilines is 1. The summed E-state index contributed by atoms with van der Waals surface area (Å²) in [5, 5.41) is 5.78. The van der Waals surface area contributed by atoms with Gasteiger partial charge in [-0.15, -0.1) is 0 Å². The molecule has 2 amide bonds. The third-order valence-electron chi connectivity index (χ3n) is 4.51. The van der Waals surface area contributed by atoms with Gasteiger partial charge in [-0.2, -0.15) is 0 Å². The summed E-state index contributed by atoms with van der Waals surface area (Å²) in [6.07, 6.45) is 2.57. The number of carbonyl (C=O) groups excluding carboxylic acids is 1. The molecule has 0 bridgehead atoms. The zero-order valence-electron chi connectivity index (χ0n) is 13.9. The fourth-order valence-electron chi connectivity index (χ4n) is 2.82. The summed E-state index contributed by atoms with van der Waals surface area (Å²) in [5.74, 6) is 0. The number of amides is 2. The van der Waals surface area contributed by atoms with Crippen LogP contribution in [0, 0.1) is 0 Å². The van der Waals surface area contributed by atoms with E-state index in [-0.39, 0.29) is 6.03 Å². The van der Waals surface area contributed by atoms with Crippen LogP contribution < -0.4 is 10.6 Å². The van der Waals surface area contributed by atoms with Gasteiger partial charge in [0.25, 0.3) is 0 Å². The van der Waals surface area contributed by atoms with Crippen LogP contribution >= 0.6 is 0 Å². The van der Waals surface area contributed by atoms with Gasteiger partial charge < -0.3 is 20.4 Å². The van der Waals surface area contributed by atoms with Crippen molar-refractivity contribution in [3.8, 4) is 0 Å². The summed E-state index contributed by atoms with van der Waals surface area (Å²) in [7, 11) is 4.33. The van der Waals surface area contributed by atoms with Gasteiger partial charge in [-0.3, -0.25) is 0 Å². The number of benzene rings is 1. The predicted molar refractivity (Wildman–Crippen MR) is 91.2 cm³/mol. The third-order valence-corrected chi connectivity index (χ3v) is 4.51. The molecule has 122 valence electrons. The first-order valence-electron chi connectivity index (χ1n) is 8.06. The lowest BCUT2D eigenvalue weighted by molar-refractivity contribution is 0.182. The zero-order valence-corrected chi connectivity index (χ0v) is 13.9. The van der Waals surface area contributed by atoms with E-state index in [1.54, 1.807) is 0 Å². The molecule has 2 N–H and O–H groups in total. The highest BCUT2D eigenvalue weighted by Gasteiger charge is 2.23. The monoisotopic (exact) mass is 304 g/mol. The average Bonchev–Trinajstić information content (AvgIpc) is 2.91. The third kappa shape index (κ3) is 5.00. The molecule has 1 aliphatic heterocycles. The number of rotatable bonds is 6. The molecule has 5 nitrogen and oxygen atoms in total. The summed E-state index contributed by atoms with van der Waals surface area (Å²) in [4.78, 5) is 16.6. The summed E-state index contributed by atoms with van der Waals surface area (Å²) in [5.41, 5.74) is 0.814. The van der Waals surface area contributed by atoms with Gasteiger partial charge in [0, 0.05) is 30.9 Å². The molecular weight excluding hydrogens is 276 g/mol. The van der Waals surface area contributed by atoms with Crippen LogP contribution in [0.4, 0.5) is 10.5 Å². The van der Waals surface area contributed by atoms with Crippen LogP contribution in [-0.4, -0.2) is 61.6 Å². The molecule has 1 aromatic rings. The van der Waals surface area contributed by atoms with Gasteiger partial charge in [0.15, 0.2) is 0 Å². The fraction of sp³-hybridized carbons (Fsp3) is 0.588. The number of likely N-dealkylation sites (tertiary alicyclic amines) is 1. The predicted octanol–water partition coefficient (Wildman–Crippen LogP) is 2.22. The van der Waals surface area contributed by atoms with Crippen molar-refractivity contribution in [2.45, 2.75) is 31.8 Å². The molecule has 1 saturated heterocycles. The number of hydrogen-bond acceptors (Lipinski definition) is 3. The highest BCUT2D eigenvalue weighted by molar-refractivity contribution is 5.89. The Morgan fingerprint density at radius 1 is 1.41 bits per heavy atom. The molecule has 0 aliphatic carbocycles. The van der Waals surface area contributed by atoms with Crippen molar-refractivity contribution in [3.63, 3.8) is 0 Å². The van der Waals surface area contributed by atoms with E-state index in [4.69, 9.17) is 0 Å². The van der Waals surface area contributed by atoms with Gasteiger partial charge in [0.1, 0.15) is 0 Å². The number of likely N-dealkylation sites (N-methyl/N-ethyl adjacent to an activating group) is 2. The molecule has 1 aliphatic rings. The van der Waals surface area contributed by atoms with E-state index in [9.17, 15) is 4.79 Å². The molecule has 0 spiro atoms. The smallest absolute Gasteiger partial charge is 0.319 e. The lowest BCUT2D eigenvalue weighted by atomic mass is 10.2. The Bertz CT molecular complexity index is 465. The second-order valence-corrected chi connectivity index (χ2v) is 6.27. The van der Waals surface area contributed by atoms with Crippen molar-refractivity contribution < 1.29 is 4.79 Å². The molecule has 0 saturated carbocycles. The van der Waals surface area contributed by atoms with Gasteiger partial charge in [-0.25, -0.2) is 4.79 Å². The SMILES string of the molecule is C[C@H](CNC(=O)Nc1ccccc1)N(C)C[C@H]1CCCN1C. The van der Waals surface area contributed by atoms with Gasteiger partial charge in [-0.1, -0.05) is 18.2 Å². The second-order valence-electron chi connectivity index (χ2n) is 6.27. The maximum atomic E-state index is 11.9. The molecule has 2 rings (SSSR count). The molecule has 0 radical (unpaired) electrons. The summed E-state index contributed by atoms with van der Waals surface area (Å²) < 4.78 is 0. The standard InChI is InChI=1S/C17H28N4O/c1-14(21(3)13-16-10-7-11-20(16)2)12-18-17(22)19-15-8-5-4-6-9-15/h4-6,8-9,14,16H,7,10-13H2,1-3H3,(H2,18,19,22)/t14-,16-/m1/s1. The maximum Gasteiger partial charge on any atom is 0.319 e. The summed E-state index contributed by atoms with van der Waals surface area (Å²) in [6, 6.07) is 10.3. The van der Waals surface area contributed by atoms with Crippen molar-refractivity contribution in [2.75, 3.05) is 39.0 Å². The number of para-hydroxylation sites is 1. The quantitative estimate of drug-likeness (QED) is 0.847. The Labute approximate surface area is 133 Å². The summed E-state index contributed by atoms with van der Waals surface area (Å²) >= 11 is 0. The van der Waals surface area contributed by atoms with E-state index in [0.717, 1.165) is 12.2 Å². The highest BCUT2D eigenvalue weighted by Crippen LogP contribution is 2.16. The van der Waals surface area contributed by atoms with Gasteiger partial charge in [0.05, 0.1) is 0 Å². The van der Waals surface area contributed by atoms with Crippen LogP contribution in [0.3, 0.4) is 0 Å². The minimum Gasteiger partial charge on any atom is -0.336 e. The first-order chi connectivity index (χ1) is 10.6. The Balaban J connectivity index is 1.70. The second kappa shape index (κ2) is 8.15. The minimum atomic E-state index is -0.149. The van der Waals surface area contributed by atoms with Crippen molar-refractivity contribution in [3.05, 3.63) is 30.3 Å². The van der Waals surface area contributed by atoms with Crippen molar-refractivity contribution in [1.29, 1.82) is 0 Å². The van der Waals surface area contributed by atoms with Crippen LogP contribution in [0.1, 0.15) is 19.8 Å². The van der Waals surface area contributed by atoms with Crippen molar-refractivity contribution in [2.24, 2.45) is 0 Å². The number of nitrogens with one attached hydrogen (secondary N) is 2. The molecule has 1 fully saturated rings. The first kappa shape index (κ1) is 16.8. The number of hydrogen-bond donors (Lipinski definition) is 2. The van der Waals surface area contributed by atoms with Crippen LogP contribution in [0.15, 0.2) is 30.3 Å². The highest BCUT2D eigenvalue weighted by atomic mass is 16.2. The molecule has 1 heterocycles. The van der Waals surface area contributed by atoms with E-state index < -0.39 is 0 Å². The van der Waals surface area contributed by atoms with Gasteiger partial charge in [0.2, 0.25) is 0 Å². The van der Waals surface area contributed by atoms with Crippen LogP contribution in [0.25, 0.3) is 0 Å². The molecule has 2 atom stereocenters. The largest absolute Gasteiger partial charge is 0.336 e. The Morgan fingerprint density at radius 3 is 2.77 bits per heavy atom. The van der Waals surface area contributed by atoms with Crippen molar-refractivity contribution in [1.82, 2.24) is 15.1 Å².